The standard InChI is InChI=1S/C17H34/c1-4-11-17(14-15(3)5-2)16-12-9-7-6-8-10-13-16/h15-17H,4-14H2,1-3H3. The average Bonchev–Trinajstić information content (AvgIpc) is 2.28. The number of hydrogen-bond acceptors (Lipinski definition) is 0. The maximum Gasteiger partial charge on any atom is -0.0383 e. The summed E-state index contributed by atoms with van der Waals surface area (Å²) in [5, 5.41) is 0. The highest BCUT2D eigenvalue weighted by Crippen LogP contribution is 2.35. The molecule has 0 aromatic rings. The molecule has 2 unspecified atom stereocenters. The minimum Gasteiger partial charge on any atom is -0.0654 e. The second-order valence-electron chi connectivity index (χ2n) is 6.40. The Kier molecular flexibility index (Phi) is 7.97. The molecule has 1 fully saturated rings. The maximum absolute atomic E-state index is 2.45. The molecule has 1 aliphatic rings. The van der Waals surface area contributed by atoms with E-state index < -0.39 is 0 Å². The van der Waals surface area contributed by atoms with E-state index in [1.165, 1.54) is 70.6 Å². The number of rotatable bonds is 6. The Morgan fingerprint density at radius 2 is 1.53 bits per heavy atom. The van der Waals surface area contributed by atoms with Gasteiger partial charge in [-0.25, -0.2) is 0 Å². The highest BCUT2D eigenvalue weighted by atomic mass is 14.3. The summed E-state index contributed by atoms with van der Waals surface area (Å²) in [5.74, 6) is 3.04. The normalized spacial score (nSPS) is 22.8. The van der Waals surface area contributed by atoms with Gasteiger partial charge in [-0.15, -0.1) is 0 Å². The summed E-state index contributed by atoms with van der Waals surface area (Å²) < 4.78 is 0. The molecule has 0 bridgehead atoms. The molecule has 0 spiro atoms. The minimum absolute atomic E-state index is 0.942. The van der Waals surface area contributed by atoms with Crippen LogP contribution in [0.2, 0.25) is 0 Å². The van der Waals surface area contributed by atoms with Crippen LogP contribution in [0.3, 0.4) is 0 Å². The summed E-state index contributed by atoms with van der Waals surface area (Å²) in [6.45, 7) is 7.17. The predicted octanol–water partition coefficient (Wildman–Crippen LogP) is 6.20. The molecule has 2 atom stereocenters. The first-order chi connectivity index (χ1) is 8.27. The lowest BCUT2D eigenvalue weighted by molar-refractivity contribution is 0.212. The van der Waals surface area contributed by atoms with Crippen LogP contribution in [0.25, 0.3) is 0 Å². The van der Waals surface area contributed by atoms with E-state index in [2.05, 4.69) is 20.8 Å². The van der Waals surface area contributed by atoms with E-state index in [1.807, 2.05) is 0 Å². The smallest absolute Gasteiger partial charge is 0.0383 e. The molecular weight excluding hydrogens is 204 g/mol. The van der Waals surface area contributed by atoms with Crippen molar-refractivity contribution < 1.29 is 0 Å². The molecule has 1 aliphatic carbocycles. The van der Waals surface area contributed by atoms with Crippen LogP contribution >= 0.6 is 0 Å². The summed E-state index contributed by atoms with van der Waals surface area (Å²) in [6.07, 6.45) is 16.3. The zero-order valence-corrected chi connectivity index (χ0v) is 12.5. The van der Waals surface area contributed by atoms with Crippen molar-refractivity contribution in [2.75, 3.05) is 0 Å². The average molecular weight is 238 g/mol. The molecule has 1 saturated carbocycles. The Hall–Kier alpha value is 0. The Balaban J connectivity index is 2.46. The fourth-order valence-corrected chi connectivity index (χ4v) is 3.56. The first-order valence-electron chi connectivity index (χ1n) is 8.27. The van der Waals surface area contributed by atoms with Crippen molar-refractivity contribution in [2.45, 2.75) is 91.4 Å². The van der Waals surface area contributed by atoms with Crippen molar-refractivity contribution in [3.05, 3.63) is 0 Å². The Labute approximate surface area is 110 Å². The molecule has 0 radical (unpaired) electrons. The van der Waals surface area contributed by atoms with Crippen LogP contribution in [0, 0.1) is 17.8 Å². The van der Waals surface area contributed by atoms with Gasteiger partial charge in [-0.2, -0.15) is 0 Å². The third-order valence-corrected chi connectivity index (χ3v) is 4.88. The van der Waals surface area contributed by atoms with E-state index in [-0.39, 0.29) is 0 Å². The van der Waals surface area contributed by atoms with Gasteiger partial charge in [0.25, 0.3) is 0 Å². The van der Waals surface area contributed by atoms with E-state index in [0.29, 0.717) is 0 Å². The molecule has 0 heteroatoms. The minimum atomic E-state index is 0.942. The summed E-state index contributed by atoms with van der Waals surface area (Å²) in [5.41, 5.74) is 0. The maximum atomic E-state index is 2.45. The molecule has 0 aliphatic heterocycles. The van der Waals surface area contributed by atoms with Crippen molar-refractivity contribution in [2.24, 2.45) is 17.8 Å². The Bertz CT molecular complexity index is 165. The summed E-state index contributed by atoms with van der Waals surface area (Å²) in [6, 6.07) is 0. The van der Waals surface area contributed by atoms with E-state index in [9.17, 15) is 0 Å². The van der Waals surface area contributed by atoms with Gasteiger partial charge in [0.2, 0.25) is 0 Å². The van der Waals surface area contributed by atoms with Crippen LogP contribution in [0.4, 0.5) is 0 Å². The molecule has 17 heavy (non-hydrogen) atoms. The van der Waals surface area contributed by atoms with Gasteiger partial charge < -0.3 is 0 Å². The van der Waals surface area contributed by atoms with Gasteiger partial charge in [0.1, 0.15) is 0 Å². The van der Waals surface area contributed by atoms with Gasteiger partial charge in [-0.1, -0.05) is 85.0 Å². The van der Waals surface area contributed by atoms with Crippen molar-refractivity contribution in [3.8, 4) is 0 Å². The first kappa shape index (κ1) is 15.1. The van der Waals surface area contributed by atoms with Gasteiger partial charge in [0.15, 0.2) is 0 Å². The predicted molar refractivity (Wildman–Crippen MR) is 78.3 cm³/mol. The van der Waals surface area contributed by atoms with Crippen LogP contribution in [0.5, 0.6) is 0 Å². The van der Waals surface area contributed by atoms with Crippen LogP contribution in [-0.4, -0.2) is 0 Å². The lowest BCUT2D eigenvalue weighted by Crippen LogP contribution is -2.19. The summed E-state index contributed by atoms with van der Waals surface area (Å²) in [4.78, 5) is 0. The molecule has 0 nitrogen and oxygen atoms in total. The molecule has 0 amide bonds. The largest absolute Gasteiger partial charge is 0.0654 e. The second-order valence-corrected chi connectivity index (χ2v) is 6.40. The van der Waals surface area contributed by atoms with Crippen LogP contribution in [-0.2, 0) is 0 Å². The fourth-order valence-electron chi connectivity index (χ4n) is 3.56. The van der Waals surface area contributed by atoms with Crippen LogP contribution in [0.15, 0.2) is 0 Å². The molecule has 0 aromatic heterocycles. The molecule has 0 aromatic carbocycles. The van der Waals surface area contributed by atoms with Gasteiger partial charge in [-0.05, 0) is 24.2 Å². The van der Waals surface area contributed by atoms with E-state index in [0.717, 1.165) is 17.8 Å². The van der Waals surface area contributed by atoms with Crippen molar-refractivity contribution in [1.29, 1.82) is 0 Å². The molecule has 0 saturated heterocycles. The van der Waals surface area contributed by atoms with E-state index in [4.69, 9.17) is 0 Å². The third kappa shape index (κ3) is 5.93. The summed E-state index contributed by atoms with van der Waals surface area (Å²) >= 11 is 0. The highest BCUT2D eigenvalue weighted by Gasteiger charge is 2.22. The summed E-state index contributed by atoms with van der Waals surface area (Å²) in [7, 11) is 0. The lowest BCUT2D eigenvalue weighted by Gasteiger charge is -2.30. The molecule has 102 valence electrons. The first-order valence-corrected chi connectivity index (χ1v) is 8.27. The van der Waals surface area contributed by atoms with Gasteiger partial charge >= 0.3 is 0 Å². The quantitative estimate of drug-likeness (QED) is 0.517. The van der Waals surface area contributed by atoms with E-state index >= 15 is 0 Å². The lowest BCUT2D eigenvalue weighted by atomic mass is 9.75. The molecule has 0 N–H and O–H groups in total. The van der Waals surface area contributed by atoms with Crippen molar-refractivity contribution >= 4 is 0 Å². The van der Waals surface area contributed by atoms with Gasteiger partial charge in [-0.3, -0.25) is 0 Å². The number of hydrogen-bond donors (Lipinski definition) is 0. The zero-order valence-electron chi connectivity index (χ0n) is 12.5. The van der Waals surface area contributed by atoms with E-state index in [1.54, 1.807) is 0 Å². The fraction of sp³-hybridized carbons (Fsp3) is 1.00. The Morgan fingerprint density at radius 1 is 0.941 bits per heavy atom. The molecular formula is C17H34. The topological polar surface area (TPSA) is 0 Å². The highest BCUT2D eigenvalue weighted by molar-refractivity contribution is 4.74. The molecule has 0 heterocycles. The SMILES string of the molecule is CCCC(CC(C)CC)C1CCCCCCC1. The van der Waals surface area contributed by atoms with Gasteiger partial charge in [0, 0.05) is 0 Å². The van der Waals surface area contributed by atoms with Crippen molar-refractivity contribution in [3.63, 3.8) is 0 Å². The monoisotopic (exact) mass is 238 g/mol. The zero-order chi connectivity index (χ0) is 12.5. The molecule has 1 rings (SSSR count). The van der Waals surface area contributed by atoms with Crippen LogP contribution < -0.4 is 0 Å². The second kappa shape index (κ2) is 9.00. The Morgan fingerprint density at radius 3 is 2.06 bits per heavy atom. The van der Waals surface area contributed by atoms with Gasteiger partial charge in [0.05, 0.1) is 0 Å². The van der Waals surface area contributed by atoms with Crippen LogP contribution in [0.1, 0.15) is 91.4 Å². The third-order valence-electron chi connectivity index (χ3n) is 4.88. The van der Waals surface area contributed by atoms with Crippen molar-refractivity contribution in [1.82, 2.24) is 0 Å².